The molecule has 42 heavy (non-hydrogen) atoms. The van der Waals surface area contributed by atoms with E-state index in [4.69, 9.17) is 4.42 Å². The van der Waals surface area contributed by atoms with Gasteiger partial charge in [0.25, 0.3) is 17.6 Å². The lowest BCUT2D eigenvalue weighted by Crippen LogP contribution is -2.49. The molecule has 11 heteroatoms. The van der Waals surface area contributed by atoms with E-state index < -0.39 is 40.4 Å². The van der Waals surface area contributed by atoms with Gasteiger partial charge in [-0.1, -0.05) is 67.6 Å². The van der Waals surface area contributed by atoms with Gasteiger partial charge in [0, 0.05) is 12.2 Å². The Hall–Kier alpha value is -5.58. The van der Waals surface area contributed by atoms with Crippen molar-refractivity contribution in [2.75, 3.05) is 9.80 Å². The van der Waals surface area contributed by atoms with E-state index in [-0.39, 0.29) is 36.5 Å². The van der Waals surface area contributed by atoms with Crippen LogP contribution >= 0.6 is 0 Å². The fraction of sp³-hybridized carbons (Fsp3) is 0.161. The van der Waals surface area contributed by atoms with E-state index >= 15 is 0 Å². The van der Waals surface area contributed by atoms with Gasteiger partial charge in [-0.2, -0.15) is 0 Å². The van der Waals surface area contributed by atoms with Crippen LogP contribution in [0.2, 0.25) is 0 Å². The Morgan fingerprint density at radius 1 is 0.952 bits per heavy atom. The molecular weight excluding hydrogens is 540 g/mol. The van der Waals surface area contributed by atoms with Crippen LogP contribution in [0.5, 0.6) is 0 Å². The van der Waals surface area contributed by atoms with Crippen molar-refractivity contribution in [3.8, 4) is 0 Å². The Morgan fingerprint density at radius 3 is 2.24 bits per heavy atom. The number of amides is 3. The highest BCUT2D eigenvalue weighted by Crippen LogP contribution is 2.35. The molecule has 1 aromatic heterocycles. The summed E-state index contributed by atoms with van der Waals surface area (Å²) in [6, 6.07) is 24.0. The van der Waals surface area contributed by atoms with Crippen LogP contribution in [0, 0.1) is 10.1 Å². The average molecular weight is 567 g/mol. The van der Waals surface area contributed by atoms with Gasteiger partial charge in [0.1, 0.15) is 11.0 Å². The second-order valence-corrected chi connectivity index (χ2v) is 9.61. The van der Waals surface area contributed by atoms with E-state index in [0.29, 0.717) is 5.69 Å². The average Bonchev–Trinajstić information content (AvgIpc) is 3.60. The minimum Gasteiger partial charge on any atom is -0.395 e. The third kappa shape index (κ3) is 5.52. The molecule has 0 saturated carbocycles. The number of rotatable bonds is 10. The van der Waals surface area contributed by atoms with Gasteiger partial charge in [-0.05, 0) is 41.8 Å². The van der Waals surface area contributed by atoms with Crippen molar-refractivity contribution in [3.05, 3.63) is 124 Å². The van der Waals surface area contributed by atoms with E-state index in [1.54, 1.807) is 13.0 Å². The predicted octanol–water partition coefficient (Wildman–Crippen LogP) is 4.66. The molecule has 1 aliphatic heterocycles. The number of benzene rings is 3. The summed E-state index contributed by atoms with van der Waals surface area (Å²) < 4.78 is 5.18. The highest BCUT2D eigenvalue weighted by atomic mass is 16.6. The fourth-order valence-corrected chi connectivity index (χ4v) is 4.85. The number of anilines is 2. The van der Waals surface area contributed by atoms with Gasteiger partial charge in [-0.3, -0.25) is 34.2 Å². The fourth-order valence-electron chi connectivity index (χ4n) is 4.85. The van der Waals surface area contributed by atoms with E-state index in [9.17, 15) is 29.3 Å². The van der Waals surface area contributed by atoms with Crippen molar-refractivity contribution >= 4 is 40.8 Å². The first-order valence-corrected chi connectivity index (χ1v) is 13.2. The normalized spacial score (nSPS) is 13.0. The number of hydrogen-bond donors (Lipinski definition) is 1. The second-order valence-electron chi connectivity index (χ2n) is 9.61. The third-order valence-electron chi connectivity index (χ3n) is 6.93. The maximum Gasteiger partial charge on any atom is 0.433 e. The molecule has 1 N–H and O–H groups in total. The SMILES string of the molecule is CCC(C(=O)NCc1ccccc1)N(C(=O)c1ccc([N+](=O)[O-])o1)c1ccc2c(c1)C(=O)C(=O)N2Cc1ccccc1. The van der Waals surface area contributed by atoms with Crippen molar-refractivity contribution in [2.24, 2.45) is 0 Å². The summed E-state index contributed by atoms with van der Waals surface area (Å²) in [5.41, 5.74) is 2.28. The number of hydrogen-bond acceptors (Lipinski definition) is 7. The summed E-state index contributed by atoms with van der Waals surface area (Å²) in [5, 5.41) is 14.0. The van der Waals surface area contributed by atoms with Gasteiger partial charge in [0.2, 0.25) is 5.91 Å². The first-order chi connectivity index (χ1) is 20.3. The molecule has 1 atom stereocenters. The van der Waals surface area contributed by atoms with E-state index in [2.05, 4.69) is 5.32 Å². The van der Waals surface area contributed by atoms with E-state index in [1.807, 2.05) is 60.7 Å². The van der Waals surface area contributed by atoms with Crippen LogP contribution in [0.3, 0.4) is 0 Å². The summed E-state index contributed by atoms with van der Waals surface area (Å²) in [7, 11) is 0. The van der Waals surface area contributed by atoms with Crippen molar-refractivity contribution in [3.63, 3.8) is 0 Å². The zero-order valence-electron chi connectivity index (χ0n) is 22.6. The monoisotopic (exact) mass is 566 g/mol. The Kier molecular flexibility index (Phi) is 7.91. The first kappa shape index (κ1) is 28.0. The molecule has 0 fully saturated rings. The van der Waals surface area contributed by atoms with Crippen molar-refractivity contribution < 1.29 is 28.5 Å². The molecule has 5 rings (SSSR count). The van der Waals surface area contributed by atoms with Crippen molar-refractivity contribution in [2.45, 2.75) is 32.5 Å². The molecule has 0 bridgehead atoms. The number of nitrogens with one attached hydrogen (secondary N) is 1. The zero-order chi connectivity index (χ0) is 29.8. The quantitative estimate of drug-likeness (QED) is 0.167. The first-order valence-electron chi connectivity index (χ1n) is 13.2. The number of ketones is 1. The molecule has 2 heterocycles. The largest absolute Gasteiger partial charge is 0.433 e. The third-order valence-corrected chi connectivity index (χ3v) is 6.93. The molecule has 3 amide bonds. The molecule has 3 aromatic carbocycles. The molecule has 0 aliphatic carbocycles. The number of fused-ring (bicyclic) bond motifs is 1. The van der Waals surface area contributed by atoms with Gasteiger partial charge in [0.05, 0.1) is 23.9 Å². The highest BCUT2D eigenvalue weighted by molar-refractivity contribution is 6.52. The maximum atomic E-state index is 13.8. The van der Waals surface area contributed by atoms with Gasteiger partial charge in [-0.15, -0.1) is 0 Å². The second kappa shape index (κ2) is 11.9. The van der Waals surface area contributed by atoms with Crippen LogP contribution in [-0.2, 0) is 22.7 Å². The molecule has 4 aromatic rings. The lowest BCUT2D eigenvalue weighted by Gasteiger charge is -2.30. The molecule has 11 nitrogen and oxygen atoms in total. The van der Waals surface area contributed by atoms with Crippen LogP contribution in [0.15, 0.2) is 95.4 Å². The lowest BCUT2D eigenvalue weighted by molar-refractivity contribution is -0.402. The number of carbonyl (C=O) groups excluding carboxylic acids is 4. The predicted molar refractivity (Wildman–Crippen MR) is 153 cm³/mol. The van der Waals surface area contributed by atoms with Gasteiger partial charge in [0.15, 0.2) is 5.76 Å². The van der Waals surface area contributed by atoms with E-state index in [0.717, 1.165) is 28.2 Å². The summed E-state index contributed by atoms with van der Waals surface area (Å²) in [6.07, 6.45) is 0.166. The molecule has 0 spiro atoms. The number of Topliss-reactive ketones (excluding diaryl/α,β-unsaturated/α-hetero) is 1. The highest BCUT2D eigenvalue weighted by Gasteiger charge is 2.38. The summed E-state index contributed by atoms with van der Waals surface area (Å²) in [6.45, 7) is 2.09. The Bertz CT molecular complexity index is 1670. The van der Waals surface area contributed by atoms with Crippen LogP contribution < -0.4 is 15.1 Å². The zero-order valence-corrected chi connectivity index (χ0v) is 22.6. The molecule has 1 aliphatic rings. The van der Waals surface area contributed by atoms with E-state index in [1.165, 1.54) is 17.0 Å². The van der Waals surface area contributed by atoms with Crippen molar-refractivity contribution in [1.82, 2.24) is 5.32 Å². The van der Waals surface area contributed by atoms with Crippen LogP contribution in [0.1, 0.15) is 45.4 Å². The van der Waals surface area contributed by atoms with Crippen molar-refractivity contribution in [1.29, 1.82) is 0 Å². The Labute approximate surface area is 240 Å². The summed E-state index contributed by atoms with van der Waals surface area (Å²) in [4.78, 5) is 66.2. The topological polar surface area (TPSA) is 143 Å². The minimum atomic E-state index is -1.07. The number of furan rings is 1. The van der Waals surface area contributed by atoms with Crippen LogP contribution in [0.4, 0.5) is 17.3 Å². The van der Waals surface area contributed by atoms with Gasteiger partial charge in [-0.25, -0.2) is 0 Å². The molecule has 0 saturated heterocycles. The minimum absolute atomic E-state index is 0.0798. The van der Waals surface area contributed by atoms with Crippen LogP contribution in [-0.4, -0.2) is 34.5 Å². The maximum absolute atomic E-state index is 13.8. The summed E-state index contributed by atoms with van der Waals surface area (Å²) >= 11 is 0. The summed E-state index contributed by atoms with van der Waals surface area (Å²) in [5.74, 6) is -3.74. The Balaban J connectivity index is 1.51. The standard InChI is InChI=1S/C31H26N4O7/c1-2-24(29(37)32-18-20-9-5-3-6-10-20)34(30(38)26-15-16-27(42-26)35(40)41)22-13-14-25-23(17-22)28(36)31(39)33(25)19-21-11-7-4-8-12-21/h3-17,24H,2,18-19H2,1H3,(H,32,37). The molecular formula is C31H26N4O7. The van der Waals surface area contributed by atoms with Gasteiger partial charge < -0.3 is 14.6 Å². The van der Waals surface area contributed by atoms with Gasteiger partial charge >= 0.3 is 5.88 Å². The Morgan fingerprint density at radius 2 is 1.62 bits per heavy atom. The van der Waals surface area contributed by atoms with Crippen LogP contribution in [0.25, 0.3) is 0 Å². The number of carbonyl (C=O) groups is 4. The smallest absolute Gasteiger partial charge is 0.395 e. The number of nitrogens with zero attached hydrogens (tertiary/aromatic N) is 3. The molecule has 212 valence electrons. The lowest BCUT2D eigenvalue weighted by atomic mass is 10.1. The molecule has 1 unspecified atom stereocenters. The number of nitro groups is 1. The molecule has 0 radical (unpaired) electrons.